The van der Waals surface area contributed by atoms with Crippen LogP contribution in [0.1, 0.15) is 5.69 Å². The van der Waals surface area contributed by atoms with E-state index in [1.807, 2.05) is 24.3 Å². The zero-order valence-electron chi connectivity index (χ0n) is 7.40. The van der Waals surface area contributed by atoms with Crippen LogP contribution >= 0.6 is 22.9 Å². The van der Waals surface area contributed by atoms with Gasteiger partial charge in [-0.2, -0.15) is 0 Å². The zero-order valence-corrected chi connectivity index (χ0v) is 8.98. The van der Waals surface area contributed by atoms with Crippen LogP contribution in [0.5, 0.6) is 0 Å². The Bertz CT molecular complexity index is 439. The number of nitrogens with zero attached hydrogens (tertiary/aromatic N) is 1. The van der Waals surface area contributed by atoms with Gasteiger partial charge in [0.15, 0.2) is 0 Å². The van der Waals surface area contributed by atoms with Gasteiger partial charge in [-0.15, -0.1) is 11.3 Å². The van der Waals surface area contributed by atoms with Crippen LogP contribution in [-0.4, -0.2) is 4.98 Å². The Kier molecular flexibility index (Phi) is 2.82. The number of hydrogen-bond acceptors (Lipinski definition) is 3. The molecule has 72 valence electrons. The first-order valence-corrected chi connectivity index (χ1v) is 5.46. The van der Waals surface area contributed by atoms with Crippen molar-refractivity contribution in [1.29, 1.82) is 0 Å². The van der Waals surface area contributed by atoms with E-state index < -0.39 is 0 Å². The lowest BCUT2D eigenvalue weighted by Gasteiger charge is -2.02. The summed E-state index contributed by atoms with van der Waals surface area (Å²) in [6, 6.07) is 7.72. The summed E-state index contributed by atoms with van der Waals surface area (Å²) < 4.78 is 0. The smallest absolute Gasteiger partial charge is 0.0802 e. The van der Waals surface area contributed by atoms with Gasteiger partial charge in [-0.3, -0.25) is 0 Å². The molecule has 1 aromatic heterocycles. The molecule has 0 atom stereocenters. The van der Waals surface area contributed by atoms with Crippen molar-refractivity contribution < 1.29 is 0 Å². The van der Waals surface area contributed by atoms with Crippen LogP contribution in [0.25, 0.3) is 10.4 Å². The van der Waals surface area contributed by atoms with Crippen LogP contribution in [0.15, 0.2) is 29.8 Å². The second kappa shape index (κ2) is 4.09. The number of hydrogen-bond donors (Lipinski definition) is 1. The first-order valence-electron chi connectivity index (χ1n) is 4.20. The van der Waals surface area contributed by atoms with E-state index in [0.29, 0.717) is 6.54 Å². The van der Waals surface area contributed by atoms with E-state index in [4.69, 9.17) is 17.3 Å². The van der Waals surface area contributed by atoms with Crippen molar-refractivity contribution in [1.82, 2.24) is 4.98 Å². The Morgan fingerprint density at radius 2 is 2.14 bits per heavy atom. The third-order valence-electron chi connectivity index (χ3n) is 1.95. The molecule has 0 spiro atoms. The van der Waals surface area contributed by atoms with E-state index in [1.54, 1.807) is 16.8 Å². The van der Waals surface area contributed by atoms with Gasteiger partial charge in [0.2, 0.25) is 0 Å². The maximum atomic E-state index is 6.08. The van der Waals surface area contributed by atoms with Crippen molar-refractivity contribution in [2.24, 2.45) is 5.73 Å². The molecule has 1 heterocycles. The van der Waals surface area contributed by atoms with Crippen molar-refractivity contribution >= 4 is 22.9 Å². The lowest BCUT2D eigenvalue weighted by atomic mass is 10.1. The SMILES string of the molecule is NCc1ncsc1-c1ccccc1Cl. The average molecular weight is 225 g/mol. The van der Waals surface area contributed by atoms with Crippen molar-refractivity contribution in [3.8, 4) is 10.4 Å². The van der Waals surface area contributed by atoms with Gasteiger partial charge in [-0.25, -0.2) is 4.98 Å². The Labute approximate surface area is 91.4 Å². The topological polar surface area (TPSA) is 38.9 Å². The number of thiazole rings is 1. The summed E-state index contributed by atoms with van der Waals surface area (Å²) in [6.45, 7) is 0.448. The Hall–Kier alpha value is -0.900. The molecule has 4 heteroatoms. The molecule has 0 saturated heterocycles. The van der Waals surface area contributed by atoms with Crippen molar-refractivity contribution in [2.75, 3.05) is 0 Å². The molecule has 0 unspecified atom stereocenters. The number of rotatable bonds is 2. The summed E-state index contributed by atoms with van der Waals surface area (Å²) in [6.07, 6.45) is 0. The second-order valence-corrected chi connectivity index (χ2v) is 4.07. The van der Waals surface area contributed by atoms with Crippen LogP contribution < -0.4 is 5.73 Å². The van der Waals surface area contributed by atoms with Crippen LogP contribution in [0, 0.1) is 0 Å². The molecule has 2 nitrogen and oxygen atoms in total. The fourth-order valence-electron chi connectivity index (χ4n) is 1.28. The third kappa shape index (κ3) is 1.66. The molecular weight excluding hydrogens is 216 g/mol. The predicted molar refractivity (Wildman–Crippen MR) is 60.5 cm³/mol. The zero-order chi connectivity index (χ0) is 9.97. The highest BCUT2D eigenvalue weighted by molar-refractivity contribution is 7.13. The normalized spacial score (nSPS) is 10.4. The number of halogens is 1. The van der Waals surface area contributed by atoms with Gasteiger partial charge in [0.05, 0.1) is 16.1 Å². The van der Waals surface area contributed by atoms with E-state index in [1.165, 1.54) is 0 Å². The highest BCUT2D eigenvalue weighted by Crippen LogP contribution is 2.32. The van der Waals surface area contributed by atoms with Gasteiger partial charge in [0.1, 0.15) is 0 Å². The van der Waals surface area contributed by atoms with Gasteiger partial charge in [0.25, 0.3) is 0 Å². The largest absolute Gasteiger partial charge is 0.325 e. The molecule has 0 aliphatic carbocycles. The average Bonchev–Trinajstić information content (AvgIpc) is 2.66. The maximum Gasteiger partial charge on any atom is 0.0802 e. The molecule has 2 aromatic rings. The van der Waals surface area contributed by atoms with Gasteiger partial charge in [-0.1, -0.05) is 29.8 Å². The second-order valence-electron chi connectivity index (χ2n) is 2.81. The molecule has 2 N–H and O–H groups in total. The molecule has 1 aromatic carbocycles. The summed E-state index contributed by atoms with van der Waals surface area (Å²) in [4.78, 5) is 5.25. The van der Waals surface area contributed by atoms with Crippen LogP contribution in [-0.2, 0) is 6.54 Å². The summed E-state index contributed by atoms with van der Waals surface area (Å²) in [5.41, 5.74) is 9.29. The first-order chi connectivity index (χ1) is 6.83. The third-order valence-corrected chi connectivity index (χ3v) is 3.18. The van der Waals surface area contributed by atoms with E-state index in [0.717, 1.165) is 21.2 Å². The first kappa shape index (κ1) is 9.65. The van der Waals surface area contributed by atoms with Crippen molar-refractivity contribution in [2.45, 2.75) is 6.54 Å². The molecule has 2 rings (SSSR count). The summed E-state index contributed by atoms with van der Waals surface area (Å²) >= 11 is 7.65. The van der Waals surface area contributed by atoms with Crippen molar-refractivity contribution in [3.63, 3.8) is 0 Å². The summed E-state index contributed by atoms with van der Waals surface area (Å²) in [5, 5.41) is 0.742. The molecule has 0 aliphatic heterocycles. The quantitative estimate of drug-likeness (QED) is 0.852. The summed E-state index contributed by atoms with van der Waals surface area (Å²) in [5.74, 6) is 0. The van der Waals surface area contributed by atoms with Gasteiger partial charge >= 0.3 is 0 Å². The van der Waals surface area contributed by atoms with E-state index in [-0.39, 0.29) is 0 Å². The molecule has 0 aliphatic rings. The molecule has 0 radical (unpaired) electrons. The highest BCUT2D eigenvalue weighted by atomic mass is 35.5. The van der Waals surface area contributed by atoms with Gasteiger partial charge in [0, 0.05) is 17.1 Å². The minimum atomic E-state index is 0.448. The fourth-order valence-corrected chi connectivity index (χ4v) is 2.43. The van der Waals surface area contributed by atoms with Gasteiger partial charge in [-0.05, 0) is 6.07 Å². The Morgan fingerprint density at radius 1 is 1.36 bits per heavy atom. The van der Waals surface area contributed by atoms with Crippen LogP contribution in [0.3, 0.4) is 0 Å². The van der Waals surface area contributed by atoms with Crippen LogP contribution in [0.4, 0.5) is 0 Å². The number of benzene rings is 1. The predicted octanol–water partition coefficient (Wildman–Crippen LogP) is 2.92. The molecule has 0 saturated carbocycles. The van der Waals surface area contributed by atoms with Crippen LogP contribution in [0.2, 0.25) is 5.02 Å². The van der Waals surface area contributed by atoms with Crippen molar-refractivity contribution in [3.05, 3.63) is 40.5 Å². The lowest BCUT2D eigenvalue weighted by Crippen LogP contribution is -1.97. The minimum Gasteiger partial charge on any atom is -0.325 e. The monoisotopic (exact) mass is 224 g/mol. The van der Waals surface area contributed by atoms with E-state index in [9.17, 15) is 0 Å². The molecule has 0 fully saturated rings. The van der Waals surface area contributed by atoms with E-state index >= 15 is 0 Å². The summed E-state index contributed by atoms with van der Waals surface area (Å²) in [7, 11) is 0. The number of nitrogens with two attached hydrogens (primary N) is 1. The van der Waals surface area contributed by atoms with E-state index in [2.05, 4.69) is 4.98 Å². The molecular formula is C10H9ClN2S. The Balaban J connectivity index is 2.54. The minimum absolute atomic E-state index is 0.448. The molecule has 0 amide bonds. The number of aromatic nitrogens is 1. The Morgan fingerprint density at radius 3 is 2.86 bits per heavy atom. The van der Waals surface area contributed by atoms with Gasteiger partial charge < -0.3 is 5.73 Å². The molecule has 14 heavy (non-hydrogen) atoms. The standard InChI is InChI=1S/C10H9ClN2S/c11-8-4-2-1-3-7(8)10-9(5-12)13-6-14-10/h1-4,6H,5,12H2. The fraction of sp³-hybridized carbons (Fsp3) is 0.100. The lowest BCUT2D eigenvalue weighted by molar-refractivity contribution is 1.01. The highest BCUT2D eigenvalue weighted by Gasteiger charge is 2.09. The maximum absolute atomic E-state index is 6.08. The molecule has 0 bridgehead atoms.